The van der Waals surface area contributed by atoms with Crippen molar-refractivity contribution in [1.29, 1.82) is 0 Å². The molecular weight excluding hydrogens is 323 g/mol. The normalized spacial score (nSPS) is 12.8. The third-order valence-corrected chi connectivity index (χ3v) is 3.09. The van der Waals surface area contributed by atoms with Crippen molar-refractivity contribution >= 4 is 22.4 Å². The van der Waals surface area contributed by atoms with Crippen LogP contribution in [0.5, 0.6) is 5.75 Å². The van der Waals surface area contributed by atoms with Gasteiger partial charge in [0.2, 0.25) is 5.91 Å². The van der Waals surface area contributed by atoms with E-state index >= 15 is 0 Å². The Morgan fingerprint density at radius 1 is 1.27 bits per heavy atom. The van der Waals surface area contributed by atoms with Crippen molar-refractivity contribution < 1.29 is 31.6 Å². The Morgan fingerprint density at radius 2 is 1.86 bits per heavy atom. The average Bonchev–Trinajstić information content (AvgIpc) is 2.38. The molecule has 1 amide bonds. The molecule has 0 aliphatic heterocycles. The van der Waals surface area contributed by atoms with Crippen LogP contribution < -0.4 is 9.64 Å². The number of hydrogen-bond acceptors (Lipinski definition) is 4. The van der Waals surface area contributed by atoms with Crippen LogP contribution in [0.1, 0.15) is 6.92 Å². The molecule has 0 radical (unpaired) electrons. The number of anilines is 1. The van der Waals surface area contributed by atoms with Crippen molar-refractivity contribution in [3.8, 4) is 5.75 Å². The van der Waals surface area contributed by atoms with Gasteiger partial charge in [-0.2, -0.15) is 0 Å². The van der Waals surface area contributed by atoms with Gasteiger partial charge in [-0.15, -0.1) is 13.2 Å². The molecule has 0 heterocycles. The number of nitrogens with zero attached hydrogens (tertiary/aromatic N) is 1. The summed E-state index contributed by atoms with van der Waals surface area (Å²) in [6.45, 7) is 2.02. The Kier molecular flexibility index (Phi) is 6.82. The maximum atomic E-state index is 12.1. The summed E-state index contributed by atoms with van der Waals surface area (Å²) >= 11 is 0. The van der Waals surface area contributed by atoms with Gasteiger partial charge in [-0.25, -0.2) is 0 Å². The molecule has 0 saturated heterocycles. The number of carbonyl (C=O) groups excluding carboxylic acids is 1. The van der Waals surface area contributed by atoms with Gasteiger partial charge >= 0.3 is 6.36 Å². The molecule has 0 spiro atoms. The fourth-order valence-electron chi connectivity index (χ4n) is 1.55. The van der Waals surface area contributed by atoms with Gasteiger partial charge in [-0.1, -0.05) is 0 Å². The summed E-state index contributed by atoms with van der Waals surface area (Å²) in [6, 6.07) is 4.79. The zero-order chi connectivity index (χ0) is 16.8. The summed E-state index contributed by atoms with van der Waals surface area (Å²) in [6.07, 6.45) is -3.39. The lowest BCUT2D eigenvalue weighted by atomic mass is 10.3. The smallest absolute Gasteiger partial charge is 0.406 e. The van der Waals surface area contributed by atoms with E-state index in [0.717, 1.165) is 12.1 Å². The first-order chi connectivity index (χ1) is 10.2. The molecule has 0 saturated carbocycles. The quantitative estimate of drug-likeness (QED) is 0.715. The van der Waals surface area contributed by atoms with E-state index in [1.165, 1.54) is 23.3 Å². The second kappa shape index (κ2) is 8.14. The highest BCUT2D eigenvalue weighted by Gasteiger charge is 2.31. The van der Waals surface area contributed by atoms with E-state index in [0.29, 0.717) is 12.3 Å². The van der Waals surface area contributed by atoms with Gasteiger partial charge in [0, 0.05) is 29.3 Å². The molecule has 0 fully saturated rings. The van der Waals surface area contributed by atoms with Crippen molar-refractivity contribution in [3.05, 3.63) is 24.3 Å². The van der Waals surface area contributed by atoms with Gasteiger partial charge in [0.15, 0.2) is 0 Å². The third-order valence-electron chi connectivity index (χ3n) is 2.43. The summed E-state index contributed by atoms with van der Waals surface area (Å²) in [5, 5.41) is 0. The fourth-order valence-corrected chi connectivity index (χ4v) is 2.06. The van der Waals surface area contributed by atoms with Gasteiger partial charge in [-0.3, -0.25) is 13.9 Å². The highest BCUT2D eigenvalue weighted by Crippen LogP contribution is 2.25. The Balaban J connectivity index is 2.89. The summed E-state index contributed by atoms with van der Waals surface area (Å²) < 4.78 is 56.4. The summed E-state index contributed by atoms with van der Waals surface area (Å²) in [5.74, 6) is -1.04. The van der Waals surface area contributed by atoms with E-state index in [9.17, 15) is 22.2 Å². The molecule has 22 heavy (non-hydrogen) atoms. The summed E-state index contributed by atoms with van der Waals surface area (Å²) in [7, 11) is -1.33. The lowest BCUT2D eigenvalue weighted by molar-refractivity contribution is -0.274. The number of benzene rings is 1. The molecule has 0 N–H and O–H groups in total. The molecule has 124 valence electrons. The largest absolute Gasteiger partial charge is 0.573 e. The van der Waals surface area contributed by atoms with Gasteiger partial charge in [0.1, 0.15) is 18.2 Å². The Bertz CT molecular complexity index is 519. The topological polar surface area (TPSA) is 55.8 Å². The van der Waals surface area contributed by atoms with E-state index < -0.39 is 23.1 Å². The van der Waals surface area contributed by atoms with Crippen LogP contribution in [0.2, 0.25) is 0 Å². The minimum Gasteiger partial charge on any atom is -0.406 e. The van der Waals surface area contributed by atoms with Gasteiger partial charge < -0.3 is 9.47 Å². The van der Waals surface area contributed by atoms with Crippen LogP contribution in [0, 0.1) is 0 Å². The molecule has 1 aromatic rings. The SMILES string of the molecule is CCOCN(C(=O)CS(C)=O)c1ccc(OC(F)(F)F)cc1. The highest BCUT2D eigenvalue weighted by molar-refractivity contribution is 7.85. The van der Waals surface area contributed by atoms with Crippen LogP contribution in [0.15, 0.2) is 24.3 Å². The van der Waals surface area contributed by atoms with Crippen LogP contribution in [-0.4, -0.2) is 41.8 Å². The van der Waals surface area contributed by atoms with E-state index in [1.807, 2.05) is 0 Å². The molecule has 0 aromatic heterocycles. The summed E-state index contributed by atoms with van der Waals surface area (Å²) in [5.41, 5.74) is 0.332. The first-order valence-corrected chi connectivity index (χ1v) is 7.99. The first kappa shape index (κ1) is 18.4. The zero-order valence-corrected chi connectivity index (χ0v) is 12.9. The van der Waals surface area contributed by atoms with Crippen molar-refractivity contribution in [3.63, 3.8) is 0 Å². The van der Waals surface area contributed by atoms with Gasteiger partial charge in [-0.05, 0) is 31.2 Å². The number of alkyl halides is 3. The van der Waals surface area contributed by atoms with Crippen molar-refractivity contribution in [2.45, 2.75) is 13.3 Å². The van der Waals surface area contributed by atoms with E-state index in [1.54, 1.807) is 6.92 Å². The van der Waals surface area contributed by atoms with E-state index in [2.05, 4.69) is 4.74 Å². The lowest BCUT2D eigenvalue weighted by Crippen LogP contribution is -2.36. The Hall–Kier alpha value is -1.61. The number of halogens is 3. The fraction of sp³-hybridized carbons (Fsp3) is 0.462. The second-order valence-corrected chi connectivity index (χ2v) is 5.64. The molecule has 1 aromatic carbocycles. The molecule has 1 rings (SSSR count). The third kappa shape index (κ3) is 6.44. The van der Waals surface area contributed by atoms with Crippen LogP contribution in [0.4, 0.5) is 18.9 Å². The molecule has 9 heteroatoms. The molecule has 0 aliphatic carbocycles. The lowest BCUT2D eigenvalue weighted by Gasteiger charge is -2.22. The van der Waals surface area contributed by atoms with Crippen LogP contribution in [0.25, 0.3) is 0 Å². The van der Waals surface area contributed by atoms with Crippen LogP contribution in [0.3, 0.4) is 0 Å². The van der Waals surface area contributed by atoms with E-state index in [-0.39, 0.29) is 18.2 Å². The Labute approximate surface area is 128 Å². The van der Waals surface area contributed by atoms with Crippen molar-refractivity contribution in [2.75, 3.05) is 30.2 Å². The first-order valence-electron chi connectivity index (χ1n) is 6.27. The monoisotopic (exact) mass is 339 g/mol. The number of amides is 1. The number of ether oxygens (including phenoxy) is 2. The molecule has 1 unspecified atom stereocenters. The van der Waals surface area contributed by atoms with Crippen LogP contribution in [-0.2, 0) is 20.3 Å². The minimum absolute atomic E-state index is 0.0774. The molecular formula is C13H16F3NO4S. The average molecular weight is 339 g/mol. The number of hydrogen-bond donors (Lipinski definition) is 0. The number of rotatable bonds is 7. The predicted octanol–water partition coefficient (Wildman–Crippen LogP) is 2.29. The van der Waals surface area contributed by atoms with Gasteiger partial charge in [0.25, 0.3) is 0 Å². The summed E-state index contributed by atoms with van der Waals surface area (Å²) in [4.78, 5) is 13.2. The molecule has 5 nitrogen and oxygen atoms in total. The molecule has 0 bridgehead atoms. The standard InChI is InChI=1S/C13H16F3NO4S/c1-3-20-9-17(12(18)8-22(2)19)10-4-6-11(7-5-10)21-13(14,15)16/h4-7H,3,8-9H2,1-2H3. The maximum absolute atomic E-state index is 12.1. The molecule has 1 atom stereocenters. The van der Waals surface area contributed by atoms with Crippen LogP contribution >= 0.6 is 0 Å². The Morgan fingerprint density at radius 3 is 2.32 bits per heavy atom. The van der Waals surface area contributed by atoms with Gasteiger partial charge in [0.05, 0.1) is 0 Å². The van der Waals surface area contributed by atoms with E-state index in [4.69, 9.17) is 4.74 Å². The number of carbonyl (C=O) groups is 1. The van der Waals surface area contributed by atoms with Crippen molar-refractivity contribution in [1.82, 2.24) is 0 Å². The van der Waals surface area contributed by atoms with Crippen molar-refractivity contribution in [2.24, 2.45) is 0 Å². The zero-order valence-electron chi connectivity index (χ0n) is 12.1. The second-order valence-electron chi connectivity index (χ2n) is 4.20. The molecule has 0 aliphatic rings. The maximum Gasteiger partial charge on any atom is 0.573 e. The predicted molar refractivity (Wildman–Crippen MR) is 76.0 cm³/mol. The highest BCUT2D eigenvalue weighted by atomic mass is 32.2. The minimum atomic E-state index is -4.78.